The van der Waals surface area contributed by atoms with Gasteiger partial charge in [-0.3, -0.25) is 10.2 Å². The lowest BCUT2D eigenvalue weighted by atomic mass is 9.89. The zero-order chi connectivity index (χ0) is 22.5. The Morgan fingerprint density at radius 2 is 1.62 bits per heavy atom. The van der Waals surface area contributed by atoms with Crippen LogP contribution in [0.3, 0.4) is 0 Å². The van der Waals surface area contributed by atoms with Gasteiger partial charge in [0.25, 0.3) is 5.91 Å². The minimum Gasteiger partial charge on any atom is -0.497 e. The minimum absolute atomic E-state index is 0.122. The number of hydrogen-bond acceptors (Lipinski definition) is 5. The van der Waals surface area contributed by atoms with Crippen LogP contribution in [0.2, 0.25) is 0 Å². The van der Waals surface area contributed by atoms with Gasteiger partial charge < -0.3 is 14.0 Å². The molecule has 2 heterocycles. The highest BCUT2D eigenvalue weighted by Gasteiger charge is 2.25. The number of rotatable bonds is 7. The van der Waals surface area contributed by atoms with E-state index in [1.807, 2.05) is 30.1 Å². The molecule has 174 valence electrons. The molecule has 7 heteroatoms. The predicted octanol–water partition coefficient (Wildman–Crippen LogP) is 4.59. The lowest BCUT2D eigenvalue weighted by Gasteiger charge is -2.26. The fourth-order valence-electron chi connectivity index (χ4n) is 4.96. The highest BCUT2D eigenvalue weighted by molar-refractivity contribution is 5.94. The fourth-order valence-corrected chi connectivity index (χ4v) is 4.96. The van der Waals surface area contributed by atoms with Crippen LogP contribution in [0.25, 0.3) is 11.4 Å². The molecule has 1 saturated carbocycles. The van der Waals surface area contributed by atoms with Gasteiger partial charge in [-0.25, -0.2) is 9.99 Å². The summed E-state index contributed by atoms with van der Waals surface area (Å²) in [7, 11) is 3.30. The van der Waals surface area contributed by atoms with Crippen molar-refractivity contribution in [3.8, 4) is 22.9 Å². The molecule has 0 radical (unpaired) electrons. The summed E-state index contributed by atoms with van der Waals surface area (Å²) < 4.78 is 13.2. The molecule has 7 nitrogen and oxygen atoms in total. The van der Waals surface area contributed by atoms with E-state index < -0.39 is 0 Å². The standard InChI is InChI=1S/C25H36N4O3/c1-18-23(25(30)27-28-12-8-5-9-13-28)26-24(29(18)17-19-10-6-4-7-11-19)20-14-21(31-2)16-22(15-20)32-3/h14-16,19H,4-13,17H2,1-3H3,(H,27,30). The normalized spacial score (nSPS) is 17.8. The van der Waals surface area contributed by atoms with Crippen LogP contribution in [-0.2, 0) is 6.54 Å². The Labute approximate surface area is 191 Å². The van der Waals surface area contributed by atoms with Gasteiger partial charge in [-0.05, 0) is 50.7 Å². The van der Waals surface area contributed by atoms with Gasteiger partial charge in [0.1, 0.15) is 17.3 Å². The lowest BCUT2D eigenvalue weighted by Crippen LogP contribution is -2.45. The first kappa shape index (κ1) is 22.6. The first-order chi connectivity index (χ1) is 15.6. The van der Waals surface area contributed by atoms with Crippen LogP contribution in [0.4, 0.5) is 0 Å². The van der Waals surface area contributed by atoms with Crippen molar-refractivity contribution in [2.75, 3.05) is 27.3 Å². The highest BCUT2D eigenvalue weighted by Crippen LogP contribution is 2.33. The number of carbonyl (C=O) groups excluding carboxylic acids is 1. The maximum absolute atomic E-state index is 13.2. The van der Waals surface area contributed by atoms with Crippen molar-refractivity contribution >= 4 is 5.91 Å². The topological polar surface area (TPSA) is 68.6 Å². The highest BCUT2D eigenvalue weighted by atomic mass is 16.5. The van der Waals surface area contributed by atoms with Crippen LogP contribution in [0.15, 0.2) is 18.2 Å². The molecular weight excluding hydrogens is 404 g/mol. The summed E-state index contributed by atoms with van der Waals surface area (Å²) >= 11 is 0. The van der Waals surface area contributed by atoms with Gasteiger partial charge in [0.15, 0.2) is 5.69 Å². The monoisotopic (exact) mass is 440 g/mol. The molecule has 0 bridgehead atoms. The van der Waals surface area contributed by atoms with E-state index >= 15 is 0 Å². The number of imidazole rings is 1. The van der Waals surface area contributed by atoms with Gasteiger partial charge in [-0.1, -0.05) is 25.7 Å². The summed E-state index contributed by atoms with van der Waals surface area (Å²) in [5.41, 5.74) is 5.41. The van der Waals surface area contributed by atoms with Crippen LogP contribution < -0.4 is 14.9 Å². The number of piperidine rings is 1. The quantitative estimate of drug-likeness (QED) is 0.682. The van der Waals surface area contributed by atoms with Crippen LogP contribution in [0, 0.1) is 12.8 Å². The molecule has 0 atom stereocenters. The second-order valence-electron chi connectivity index (χ2n) is 9.07. The van der Waals surface area contributed by atoms with Gasteiger partial charge in [0.2, 0.25) is 0 Å². The number of hydrogen-bond donors (Lipinski definition) is 1. The van der Waals surface area contributed by atoms with Crippen LogP contribution in [-0.4, -0.2) is 47.8 Å². The Kier molecular flexibility index (Phi) is 7.35. The van der Waals surface area contributed by atoms with E-state index in [0.29, 0.717) is 23.1 Å². The van der Waals surface area contributed by atoms with Crippen molar-refractivity contribution in [1.29, 1.82) is 0 Å². The minimum atomic E-state index is -0.122. The molecule has 32 heavy (non-hydrogen) atoms. The van der Waals surface area contributed by atoms with Crippen molar-refractivity contribution < 1.29 is 14.3 Å². The maximum Gasteiger partial charge on any atom is 0.286 e. The molecule has 2 aliphatic rings. The number of hydrazine groups is 1. The number of benzene rings is 1. The number of nitrogens with one attached hydrogen (secondary N) is 1. The molecule has 1 amide bonds. The molecule has 1 N–H and O–H groups in total. The lowest BCUT2D eigenvalue weighted by molar-refractivity contribution is 0.0744. The zero-order valence-electron chi connectivity index (χ0n) is 19.7. The second kappa shape index (κ2) is 10.4. The third-order valence-electron chi connectivity index (χ3n) is 6.83. The first-order valence-electron chi connectivity index (χ1n) is 12.0. The summed E-state index contributed by atoms with van der Waals surface area (Å²) in [6.07, 6.45) is 9.80. The van der Waals surface area contributed by atoms with Gasteiger partial charge in [0.05, 0.1) is 14.2 Å². The van der Waals surface area contributed by atoms with Crippen LogP contribution in [0.1, 0.15) is 67.5 Å². The van der Waals surface area contributed by atoms with Gasteiger partial charge in [-0.2, -0.15) is 0 Å². The Bertz CT molecular complexity index is 905. The van der Waals surface area contributed by atoms with Crippen molar-refractivity contribution in [2.45, 2.75) is 64.8 Å². The summed E-state index contributed by atoms with van der Waals surface area (Å²) in [6, 6.07) is 5.79. The summed E-state index contributed by atoms with van der Waals surface area (Å²) in [5, 5.41) is 2.03. The molecule has 2 fully saturated rings. The Morgan fingerprint density at radius 1 is 1.00 bits per heavy atom. The molecule has 0 unspecified atom stereocenters. The van der Waals surface area contributed by atoms with Gasteiger partial charge in [0, 0.05) is 37.0 Å². The largest absolute Gasteiger partial charge is 0.497 e. The van der Waals surface area contributed by atoms with Crippen molar-refractivity contribution in [1.82, 2.24) is 20.0 Å². The molecule has 1 aromatic heterocycles. The van der Waals surface area contributed by atoms with Crippen molar-refractivity contribution in [2.24, 2.45) is 5.92 Å². The van der Waals surface area contributed by atoms with Crippen LogP contribution in [0.5, 0.6) is 11.5 Å². The SMILES string of the molecule is COc1cc(OC)cc(-c2nc(C(=O)NN3CCCCC3)c(C)n2CC2CCCCC2)c1. The second-order valence-corrected chi connectivity index (χ2v) is 9.07. The van der Waals surface area contributed by atoms with Crippen molar-refractivity contribution in [3.05, 3.63) is 29.6 Å². The number of carbonyl (C=O) groups is 1. The summed E-state index contributed by atoms with van der Waals surface area (Å²) in [5.74, 6) is 2.71. The third-order valence-corrected chi connectivity index (χ3v) is 6.83. The molecular formula is C25H36N4O3. The van der Waals surface area contributed by atoms with Crippen LogP contribution >= 0.6 is 0 Å². The fraction of sp³-hybridized carbons (Fsp3) is 0.600. The van der Waals surface area contributed by atoms with E-state index in [4.69, 9.17) is 14.5 Å². The maximum atomic E-state index is 13.2. The van der Waals surface area contributed by atoms with E-state index in [0.717, 1.165) is 49.6 Å². The van der Waals surface area contributed by atoms with E-state index in [-0.39, 0.29) is 5.91 Å². The van der Waals surface area contributed by atoms with E-state index in [1.54, 1.807) is 14.2 Å². The van der Waals surface area contributed by atoms with Crippen molar-refractivity contribution in [3.63, 3.8) is 0 Å². The molecule has 1 aliphatic heterocycles. The molecule has 1 aromatic carbocycles. The Balaban J connectivity index is 1.70. The first-order valence-corrected chi connectivity index (χ1v) is 12.0. The number of aromatic nitrogens is 2. The van der Waals surface area contributed by atoms with Gasteiger partial charge >= 0.3 is 0 Å². The number of ether oxygens (including phenoxy) is 2. The smallest absolute Gasteiger partial charge is 0.286 e. The molecule has 1 saturated heterocycles. The summed E-state index contributed by atoms with van der Waals surface area (Å²) in [6.45, 7) is 4.69. The molecule has 0 spiro atoms. The Morgan fingerprint density at radius 3 is 2.25 bits per heavy atom. The van der Waals surface area contributed by atoms with E-state index in [1.165, 1.54) is 38.5 Å². The van der Waals surface area contributed by atoms with Gasteiger partial charge in [-0.15, -0.1) is 0 Å². The molecule has 4 rings (SSSR count). The number of methoxy groups -OCH3 is 2. The Hall–Kier alpha value is -2.54. The zero-order valence-corrected chi connectivity index (χ0v) is 19.7. The summed E-state index contributed by atoms with van der Waals surface area (Å²) in [4.78, 5) is 18.1. The number of amides is 1. The average Bonchev–Trinajstić information content (AvgIpc) is 3.16. The predicted molar refractivity (Wildman–Crippen MR) is 125 cm³/mol. The number of nitrogens with zero attached hydrogens (tertiary/aromatic N) is 3. The van der Waals surface area contributed by atoms with E-state index in [9.17, 15) is 4.79 Å². The third kappa shape index (κ3) is 5.09. The van der Waals surface area contributed by atoms with E-state index in [2.05, 4.69) is 9.99 Å². The molecule has 1 aliphatic carbocycles. The molecule has 2 aromatic rings. The average molecular weight is 441 g/mol.